The van der Waals surface area contributed by atoms with E-state index in [2.05, 4.69) is 30.2 Å². The molecule has 5 heterocycles. The summed E-state index contributed by atoms with van der Waals surface area (Å²) in [5, 5.41) is 33.3. The lowest BCUT2D eigenvalue weighted by Gasteiger charge is -2.28. The highest BCUT2D eigenvalue weighted by atomic mass is 16.6. The third kappa shape index (κ3) is 3.43. The van der Waals surface area contributed by atoms with Crippen LogP contribution in [0.15, 0.2) is 25.0 Å². The Labute approximate surface area is 182 Å². The average molecular weight is 444 g/mol. The maximum absolute atomic E-state index is 10.4. The number of nitrogens with zero attached hydrogens (tertiary/aromatic N) is 7. The Morgan fingerprint density at radius 1 is 1.19 bits per heavy atom. The standard InChI is InChI=1S/C19H24N8O5/c1-31-13-4-12(21-7-22-13)27(10-2-3-20-5-10)18-14-17(23-8-24-18)26(9-25-14)19-16(30)15(29)11(6-28)32-19/h4,7-11,15-16,19-20,28-30H,2-3,5-6H2,1H3/t10-,11+,15-,16-,19+/m0/s1. The van der Waals surface area contributed by atoms with Gasteiger partial charge in [-0.25, -0.2) is 24.9 Å². The third-order valence-corrected chi connectivity index (χ3v) is 5.84. The number of aliphatic hydroxyl groups excluding tert-OH is 3. The molecule has 32 heavy (non-hydrogen) atoms. The fraction of sp³-hybridized carbons (Fsp3) is 0.526. The Balaban J connectivity index is 1.59. The van der Waals surface area contributed by atoms with Crippen LogP contribution in [-0.4, -0.2) is 96.0 Å². The molecule has 0 aromatic carbocycles. The number of methoxy groups -OCH3 is 1. The quantitative estimate of drug-likeness (QED) is 0.357. The van der Waals surface area contributed by atoms with Crippen molar-refractivity contribution in [3.05, 3.63) is 25.0 Å². The van der Waals surface area contributed by atoms with E-state index >= 15 is 0 Å². The van der Waals surface area contributed by atoms with Crippen molar-refractivity contribution in [1.82, 2.24) is 34.8 Å². The molecule has 2 aliphatic heterocycles. The molecule has 3 aromatic rings. The molecule has 0 unspecified atom stereocenters. The second-order valence-corrected chi connectivity index (χ2v) is 7.69. The molecule has 2 aliphatic rings. The van der Waals surface area contributed by atoms with Crippen molar-refractivity contribution in [2.75, 3.05) is 31.7 Å². The lowest BCUT2D eigenvalue weighted by Crippen LogP contribution is -2.34. The van der Waals surface area contributed by atoms with Crippen molar-refractivity contribution in [1.29, 1.82) is 0 Å². The van der Waals surface area contributed by atoms with Crippen LogP contribution in [0, 0.1) is 0 Å². The first-order valence-corrected chi connectivity index (χ1v) is 10.3. The summed E-state index contributed by atoms with van der Waals surface area (Å²) >= 11 is 0. The fourth-order valence-corrected chi connectivity index (χ4v) is 4.21. The van der Waals surface area contributed by atoms with E-state index in [1.165, 1.54) is 23.5 Å². The van der Waals surface area contributed by atoms with Crippen LogP contribution in [0.2, 0.25) is 0 Å². The smallest absolute Gasteiger partial charge is 0.218 e. The van der Waals surface area contributed by atoms with Crippen LogP contribution >= 0.6 is 0 Å². The number of aromatic nitrogens is 6. The number of aliphatic hydroxyl groups is 3. The molecule has 0 bridgehead atoms. The van der Waals surface area contributed by atoms with E-state index in [0.717, 1.165) is 19.5 Å². The molecule has 4 N–H and O–H groups in total. The van der Waals surface area contributed by atoms with E-state index in [4.69, 9.17) is 9.47 Å². The molecule has 0 saturated carbocycles. The van der Waals surface area contributed by atoms with Crippen molar-refractivity contribution in [3.8, 4) is 5.88 Å². The van der Waals surface area contributed by atoms with Gasteiger partial charge in [0.1, 0.15) is 36.8 Å². The van der Waals surface area contributed by atoms with Gasteiger partial charge < -0.3 is 35.0 Å². The zero-order chi connectivity index (χ0) is 22.2. The van der Waals surface area contributed by atoms with Gasteiger partial charge in [0, 0.05) is 12.6 Å². The number of hydrogen-bond donors (Lipinski definition) is 4. The van der Waals surface area contributed by atoms with Crippen LogP contribution < -0.4 is 15.0 Å². The van der Waals surface area contributed by atoms with Crippen molar-refractivity contribution < 1.29 is 24.8 Å². The summed E-state index contributed by atoms with van der Waals surface area (Å²) in [6.45, 7) is 1.17. The predicted octanol–water partition coefficient (Wildman–Crippen LogP) is -1.26. The molecule has 0 aliphatic carbocycles. The fourth-order valence-electron chi connectivity index (χ4n) is 4.21. The molecule has 3 aromatic heterocycles. The molecule has 2 fully saturated rings. The number of ether oxygens (including phenoxy) is 2. The largest absolute Gasteiger partial charge is 0.481 e. The van der Waals surface area contributed by atoms with Gasteiger partial charge in [0.15, 0.2) is 23.2 Å². The summed E-state index contributed by atoms with van der Waals surface area (Å²) in [5.74, 6) is 1.57. The Morgan fingerprint density at radius 2 is 2.03 bits per heavy atom. The van der Waals surface area contributed by atoms with Crippen LogP contribution in [0.3, 0.4) is 0 Å². The van der Waals surface area contributed by atoms with Crippen LogP contribution in [0.1, 0.15) is 12.6 Å². The maximum Gasteiger partial charge on any atom is 0.218 e. The first-order chi connectivity index (χ1) is 15.6. The molecule has 5 rings (SSSR count). The molecular formula is C19H24N8O5. The number of fused-ring (bicyclic) bond motifs is 1. The van der Waals surface area contributed by atoms with Gasteiger partial charge in [-0.15, -0.1) is 0 Å². The SMILES string of the molecule is COc1cc(N(c2ncnc3c2ncn3[C@@H]2O[C@H](CO)[C@H](O)[C@@H]2O)[C@H]2CCNC2)ncn1. The number of nitrogens with one attached hydrogen (secondary N) is 1. The average Bonchev–Trinajstić information content (AvgIpc) is 3.55. The minimum atomic E-state index is -1.25. The highest BCUT2D eigenvalue weighted by molar-refractivity contribution is 5.86. The second-order valence-electron chi connectivity index (χ2n) is 7.69. The highest BCUT2D eigenvalue weighted by Crippen LogP contribution is 2.35. The van der Waals surface area contributed by atoms with E-state index in [9.17, 15) is 15.3 Å². The summed E-state index contributed by atoms with van der Waals surface area (Å²) in [7, 11) is 1.54. The van der Waals surface area contributed by atoms with Gasteiger partial charge in [-0.05, 0) is 13.0 Å². The van der Waals surface area contributed by atoms with Gasteiger partial charge in [0.25, 0.3) is 0 Å². The van der Waals surface area contributed by atoms with Gasteiger partial charge in [-0.1, -0.05) is 0 Å². The predicted molar refractivity (Wildman–Crippen MR) is 110 cm³/mol. The van der Waals surface area contributed by atoms with Gasteiger partial charge in [0.2, 0.25) is 5.88 Å². The number of hydrogen-bond acceptors (Lipinski definition) is 12. The molecule has 0 amide bonds. The first kappa shape index (κ1) is 20.9. The molecule has 0 radical (unpaired) electrons. The maximum atomic E-state index is 10.4. The summed E-state index contributed by atoms with van der Waals surface area (Å²) in [6.07, 6.45) is 0.869. The Morgan fingerprint density at radius 3 is 2.75 bits per heavy atom. The molecule has 2 saturated heterocycles. The zero-order valence-corrected chi connectivity index (χ0v) is 17.3. The van der Waals surface area contributed by atoms with E-state index in [-0.39, 0.29) is 6.04 Å². The number of rotatable bonds is 6. The van der Waals surface area contributed by atoms with Crippen molar-refractivity contribution >= 4 is 22.8 Å². The van der Waals surface area contributed by atoms with Gasteiger partial charge >= 0.3 is 0 Å². The molecule has 170 valence electrons. The molecule has 13 heteroatoms. The van der Waals surface area contributed by atoms with Crippen LogP contribution in [0.25, 0.3) is 11.2 Å². The first-order valence-electron chi connectivity index (χ1n) is 10.3. The topological polar surface area (TPSA) is 164 Å². The van der Waals surface area contributed by atoms with E-state index in [1.54, 1.807) is 13.2 Å². The van der Waals surface area contributed by atoms with Crippen LogP contribution in [0.5, 0.6) is 5.88 Å². The summed E-state index contributed by atoms with van der Waals surface area (Å²) in [4.78, 5) is 23.9. The lowest BCUT2D eigenvalue weighted by molar-refractivity contribution is -0.0511. The number of anilines is 2. The van der Waals surface area contributed by atoms with Gasteiger partial charge in [-0.2, -0.15) is 0 Å². The Bertz CT molecular complexity index is 1090. The Hall–Kier alpha value is -2.97. The second kappa shape index (κ2) is 8.52. The van der Waals surface area contributed by atoms with Crippen molar-refractivity contribution in [2.24, 2.45) is 0 Å². The minimum absolute atomic E-state index is 0.0618. The van der Waals surface area contributed by atoms with Gasteiger partial charge in [-0.3, -0.25) is 4.57 Å². The monoisotopic (exact) mass is 444 g/mol. The summed E-state index contributed by atoms with van der Waals surface area (Å²) in [5.41, 5.74) is 0.900. The molecular weight excluding hydrogens is 420 g/mol. The third-order valence-electron chi connectivity index (χ3n) is 5.84. The minimum Gasteiger partial charge on any atom is -0.481 e. The summed E-state index contributed by atoms with van der Waals surface area (Å²) < 4.78 is 12.5. The normalized spacial score (nSPS) is 27.8. The molecule has 5 atom stereocenters. The van der Waals surface area contributed by atoms with E-state index < -0.39 is 31.1 Å². The molecule has 13 nitrogen and oxygen atoms in total. The van der Waals surface area contributed by atoms with E-state index in [0.29, 0.717) is 28.7 Å². The lowest BCUT2D eigenvalue weighted by atomic mass is 10.1. The number of imidazole rings is 1. The highest BCUT2D eigenvalue weighted by Gasteiger charge is 2.44. The zero-order valence-electron chi connectivity index (χ0n) is 17.3. The van der Waals surface area contributed by atoms with E-state index in [1.807, 2.05) is 4.90 Å². The summed E-state index contributed by atoms with van der Waals surface area (Å²) in [6, 6.07) is 1.79. The van der Waals surface area contributed by atoms with Gasteiger partial charge in [0.05, 0.1) is 26.1 Å². The van der Waals surface area contributed by atoms with Crippen molar-refractivity contribution in [2.45, 2.75) is 37.0 Å². The van der Waals surface area contributed by atoms with Crippen molar-refractivity contribution in [3.63, 3.8) is 0 Å². The Kier molecular flexibility index (Phi) is 5.57. The van der Waals surface area contributed by atoms with Crippen LogP contribution in [-0.2, 0) is 4.74 Å². The van der Waals surface area contributed by atoms with Crippen LogP contribution in [0.4, 0.5) is 11.6 Å². The molecule has 0 spiro atoms.